The average Bonchev–Trinajstić information content (AvgIpc) is 2.79. The zero-order valence-electron chi connectivity index (χ0n) is 23.5. The maximum Gasteiger partial charge on any atom is 0.222 e. The normalized spacial score (nSPS) is 24.6. The Hall–Kier alpha value is -1.69. The first-order chi connectivity index (χ1) is 16.4. The molecular weight excluding hydrogens is 450 g/mol. The smallest absolute Gasteiger partial charge is 0.222 e. The Labute approximate surface area is 215 Å². The third kappa shape index (κ3) is 9.36. The van der Waals surface area contributed by atoms with Crippen LogP contribution in [0.4, 0.5) is 0 Å². The van der Waals surface area contributed by atoms with Gasteiger partial charge in [0.1, 0.15) is 0 Å². The fourth-order valence-electron chi connectivity index (χ4n) is 4.42. The van der Waals surface area contributed by atoms with E-state index in [1.54, 1.807) is 0 Å². The van der Waals surface area contributed by atoms with Crippen LogP contribution < -0.4 is 0 Å². The maximum absolute atomic E-state index is 13.0. The van der Waals surface area contributed by atoms with Gasteiger partial charge in [0.25, 0.3) is 0 Å². The van der Waals surface area contributed by atoms with Crippen LogP contribution in [0.3, 0.4) is 0 Å². The first kappa shape index (κ1) is 29.5. The van der Waals surface area contributed by atoms with Crippen LogP contribution >= 0.6 is 0 Å². The number of nitrogens with zero attached hydrogens (tertiary/aromatic N) is 1. The molecule has 4 nitrogen and oxygen atoms in total. The highest BCUT2D eigenvalue weighted by atomic mass is 28.4. The standard InChI is InChI=1S/C30H49NO3Si/c1-24-19-20-27(34-35(7,8)30(3,4)5)17-13-10-14-18-28(32)31(6)29(24)25(2)21-22-33-23-26-15-11-9-12-16-26/h9,11-12,15-16,19-21,24,27,29H,10,13-14,17-18,22-23H2,1-8H3/b20-19-,25-21+/t24-,27?,29-/m0/s1. The van der Waals surface area contributed by atoms with Gasteiger partial charge in [-0.2, -0.15) is 0 Å². The van der Waals surface area contributed by atoms with E-state index >= 15 is 0 Å². The largest absolute Gasteiger partial charge is 0.411 e. The minimum absolute atomic E-state index is 0.00650. The van der Waals surface area contributed by atoms with Crippen LogP contribution in [0.1, 0.15) is 72.3 Å². The average molecular weight is 500 g/mol. The Kier molecular flexibility index (Phi) is 11.5. The van der Waals surface area contributed by atoms with Crippen LogP contribution in [0, 0.1) is 5.92 Å². The second-order valence-electron chi connectivity index (χ2n) is 11.7. The Morgan fingerprint density at radius 2 is 1.80 bits per heavy atom. The summed E-state index contributed by atoms with van der Waals surface area (Å²) in [7, 11) is 0.0916. The predicted molar refractivity (Wildman–Crippen MR) is 150 cm³/mol. The molecule has 0 fully saturated rings. The molecule has 0 aliphatic carbocycles. The summed E-state index contributed by atoms with van der Waals surface area (Å²) in [4.78, 5) is 14.9. The molecule has 1 aliphatic heterocycles. The summed E-state index contributed by atoms with van der Waals surface area (Å²) in [5.74, 6) is 0.405. The van der Waals surface area contributed by atoms with Gasteiger partial charge >= 0.3 is 0 Å². The molecule has 1 aromatic rings. The number of carbonyl (C=O) groups excluding carboxylic acids is 1. The molecule has 0 spiro atoms. The van der Waals surface area contributed by atoms with Crippen molar-refractivity contribution in [3.05, 3.63) is 59.7 Å². The molecule has 0 saturated carbocycles. The van der Waals surface area contributed by atoms with Crippen molar-refractivity contribution in [3.63, 3.8) is 0 Å². The second-order valence-corrected chi connectivity index (χ2v) is 16.4. The summed E-state index contributed by atoms with van der Waals surface area (Å²) < 4.78 is 12.7. The highest BCUT2D eigenvalue weighted by Crippen LogP contribution is 2.38. The van der Waals surface area contributed by atoms with Crippen molar-refractivity contribution in [3.8, 4) is 0 Å². The molecule has 1 unspecified atom stereocenters. The molecule has 1 aliphatic rings. The highest BCUT2D eigenvalue weighted by Gasteiger charge is 2.38. The molecule has 35 heavy (non-hydrogen) atoms. The summed E-state index contributed by atoms with van der Waals surface area (Å²) in [5.41, 5.74) is 2.34. The highest BCUT2D eigenvalue weighted by molar-refractivity contribution is 6.74. The molecule has 1 aromatic carbocycles. The Bertz CT molecular complexity index is 841. The van der Waals surface area contributed by atoms with Gasteiger partial charge in [-0.05, 0) is 49.4 Å². The molecule has 2 rings (SSSR count). The number of amides is 1. The van der Waals surface area contributed by atoms with Gasteiger partial charge in [0.05, 0.1) is 25.4 Å². The number of carbonyl (C=O) groups is 1. The van der Waals surface area contributed by atoms with Crippen molar-refractivity contribution >= 4 is 14.2 Å². The van der Waals surface area contributed by atoms with Crippen LogP contribution in [0.5, 0.6) is 0 Å². The third-order valence-corrected chi connectivity index (χ3v) is 12.2. The van der Waals surface area contributed by atoms with E-state index in [9.17, 15) is 4.79 Å². The zero-order chi connectivity index (χ0) is 26.1. The van der Waals surface area contributed by atoms with E-state index in [0.29, 0.717) is 19.6 Å². The molecule has 0 bridgehead atoms. The van der Waals surface area contributed by atoms with Crippen molar-refractivity contribution in [2.24, 2.45) is 5.92 Å². The summed E-state index contributed by atoms with van der Waals surface area (Å²) in [5, 5.41) is 0.185. The number of likely N-dealkylation sites (N-methyl/N-ethyl adjacent to an activating group) is 1. The monoisotopic (exact) mass is 499 g/mol. The first-order valence-electron chi connectivity index (χ1n) is 13.3. The van der Waals surface area contributed by atoms with Crippen LogP contribution in [0.25, 0.3) is 0 Å². The van der Waals surface area contributed by atoms with Crippen molar-refractivity contribution in [2.75, 3.05) is 13.7 Å². The Balaban J connectivity index is 2.17. The van der Waals surface area contributed by atoms with Crippen LogP contribution in [-0.2, 0) is 20.6 Å². The van der Waals surface area contributed by atoms with E-state index in [0.717, 1.165) is 25.7 Å². The minimum atomic E-state index is -1.86. The van der Waals surface area contributed by atoms with E-state index in [-0.39, 0.29) is 29.0 Å². The van der Waals surface area contributed by atoms with Gasteiger partial charge in [0.15, 0.2) is 8.32 Å². The van der Waals surface area contributed by atoms with Crippen molar-refractivity contribution in [1.82, 2.24) is 4.90 Å². The zero-order valence-corrected chi connectivity index (χ0v) is 24.5. The summed E-state index contributed by atoms with van der Waals surface area (Å²) in [6.45, 7) is 17.0. The van der Waals surface area contributed by atoms with Crippen molar-refractivity contribution in [1.29, 1.82) is 0 Å². The predicted octanol–water partition coefficient (Wildman–Crippen LogP) is 7.52. The lowest BCUT2D eigenvalue weighted by molar-refractivity contribution is -0.132. The quantitative estimate of drug-likeness (QED) is 0.221. The molecule has 5 heteroatoms. The third-order valence-electron chi connectivity index (χ3n) is 7.67. The van der Waals surface area contributed by atoms with Gasteiger partial charge in [-0.25, -0.2) is 0 Å². The summed E-state index contributed by atoms with van der Waals surface area (Å²) in [6, 6.07) is 10.2. The molecule has 0 N–H and O–H groups in total. The van der Waals surface area contributed by atoms with E-state index in [1.165, 1.54) is 11.1 Å². The molecule has 3 atom stereocenters. The number of hydrogen-bond donors (Lipinski definition) is 0. The maximum atomic E-state index is 13.0. The van der Waals surface area contributed by atoms with Crippen LogP contribution in [0.2, 0.25) is 18.1 Å². The SMILES string of the molecule is C/C(=C\COCc1ccccc1)[C@@H]1[C@@H](C)/C=C\C(O[Si](C)(C)C(C)(C)C)CCCCCC(=O)N1C. The second kappa shape index (κ2) is 13.6. The number of ether oxygens (including phenoxy) is 1. The fraction of sp³-hybridized carbons (Fsp3) is 0.633. The van der Waals surface area contributed by atoms with Crippen LogP contribution in [0.15, 0.2) is 54.1 Å². The van der Waals surface area contributed by atoms with Crippen molar-refractivity contribution in [2.45, 2.75) is 104 Å². The topological polar surface area (TPSA) is 38.8 Å². The molecule has 196 valence electrons. The summed E-state index contributed by atoms with van der Waals surface area (Å²) in [6.07, 6.45) is 11.5. The lowest BCUT2D eigenvalue weighted by Gasteiger charge is -2.39. The Morgan fingerprint density at radius 1 is 1.11 bits per heavy atom. The van der Waals surface area contributed by atoms with Gasteiger partial charge < -0.3 is 14.1 Å². The molecule has 0 radical (unpaired) electrons. The number of rotatable bonds is 7. The van der Waals surface area contributed by atoms with Crippen molar-refractivity contribution < 1.29 is 14.0 Å². The molecule has 1 amide bonds. The van der Waals surface area contributed by atoms with Crippen LogP contribution in [-0.4, -0.2) is 44.9 Å². The molecule has 0 saturated heterocycles. The fourth-order valence-corrected chi connectivity index (χ4v) is 5.73. The van der Waals surface area contributed by atoms with Gasteiger partial charge in [-0.1, -0.05) is 94.7 Å². The van der Waals surface area contributed by atoms with E-state index in [4.69, 9.17) is 9.16 Å². The van der Waals surface area contributed by atoms with Gasteiger partial charge in [-0.3, -0.25) is 4.79 Å². The van der Waals surface area contributed by atoms with Gasteiger partial charge in [0, 0.05) is 13.5 Å². The Morgan fingerprint density at radius 3 is 2.46 bits per heavy atom. The van der Waals surface area contributed by atoms with E-state index in [1.807, 2.05) is 30.1 Å². The lowest BCUT2D eigenvalue weighted by Crippen LogP contribution is -2.44. The van der Waals surface area contributed by atoms with Gasteiger partial charge in [0.2, 0.25) is 5.91 Å². The molecular formula is C30H49NO3Si. The minimum Gasteiger partial charge on any atom is -0.411 e. The summed E-state index contributed by atoms with van der Waals surface area (Å²) >= 11 is 0. The molecule has 0 aromatic heterocycles. The van der Waals surface area contributed by atoms with Gasteiger partial charge in [-0.15, -0.1) is 0 Å². The van der Waals surface area contributed by atoms with E-state index < -0.39 is 8.32 Å². The number of benzene rings is 1. The molecule has 1 heterocycles. The first-order valence-corrected chi connectivity index (χ1v) is 16.2. The lowest BCUT2D eigenvalue weighted by atomic mass is 9.91. The van der Waals surface area contributed by atoms with E-state index in [2.05, 4.69) is 78.1 Å². The number of hydrogen-bond acceptors (Lipinski definition) is 3.